The van der Waals surface area contributed by atoms with Gasteiger partial charge < -0.3 is 14.8 Å². The first-order chi connectivity index (χ1) is 10.0. The highest BCUT2D eigenvalue weighted by atomic mass is 32.2. The number of sulfonamides is 1. The van der Waals surface area contributed by atoms with Gasteiger partial charge in [-0.15, -0.1) is 0 Å². The maximum absolute atomic E-state index is 12.2. The van der Waals surface area contributed by atoms with Gasteiger partial charge in [0.1, 0.15) is 0 Å². The Bertz CT molecular complexity index is 515. The monoisotopic (exact) mass is 320 g/mol. The number of aromatic nitrogens is 2. The van der Waals surface area contributed by atoms with Crippen molar-refractivity contribution < 1.29 is 17.9 Å². The third kappa shape index (κ3) is 5.71. The third-order valence-electron chi connectivity index (χ3n) is 2.81. The van der Waals surface area contributed by atoms with Crippen molar-refractivity contribution in [3.8, 4) is 0 Å². The number of ether oxygens (including phenoxy) is 2. The number of aryl methyl sites for hydroxylation is 1. The summed E-state index contributed by atoms with van der Waals surface area (Å²) < 4.78 is 37.0. The second-order valence-corrected chi connectivity index (χ2v) is 6.10. The van der Waals surface area contributed by atoms with Crippen molar-refractivity contribution in [2.75, 3.05) is 40.0 Å². The molecule has 0 fully saturated rings. The number of hydrogen-bond acceptors (Lipinski definition) is 6. The molecule has 0 saturated heterocycles. The summed E-state index contributed by atoms with van der Waals surface area (Å²) in [5.41, 5.74) is 1.40. The van der Waals surface area contributed by atoms with Gasteiger partial charge in [0.2, 0.25) is 0 Å². The predicted molar refractivity (Wildman–Crippen MR) is 78.6 cm³/mol. The summed E-state index contributed by atoms with van der Waals surface area (Å²) >= 11 is 0. The SMILES string of the molecule is CCNCc1c(S(=O)(=O)NCCOCCOC)n[nH]c1C. The van der Waals surface area contributed by atoms with E-state index in [0.29, 0.717) is 25.3 Å². The molecule has 1 aromatic rings. The molecule has 0 amide bonds. The molecule has 3 N–H and O–H groups in total. The van der Waals surface area contributed by atoms with E-state index < -0.39 is 10.0 Å². The molecule has 122 valence electrons. The van der Waals surface area contributed by atoms with Gasteiger partial charge in [-0.3, -0.25) is 5.10 Å². The Labute approximate surface area is 125 Å². The predicted octanol–water partition coefficient (Wildman–Crippen LogP) is -0.231. The topological polar surface area (TPSA) is 105 Å². The Morgan fingerprint density at radius 2 is 2.05 bits per heavy atom. The van der Waals surface area contributed by atoms with Crippen molar-refractivity contribution in [2.24, 2.45) is 0 Å². The summed E-state index contributed by atoms with van der Waals surface area (Å²) in [6, 6.07) is 0. The van der Waals surface area contributed by atoms with Gasteiger partial charge >= 0.3 is 0 Å². The minimum absolute atomic E-state index is 0.0397. The van der Waals surface area contributed by atoms with Crippen LogP contribution in [0.2, 0.25) is 0 Å². The van der Waals surface area contributed by atoms with E-state index >= 15 is 0 Å². The molecule has 0 unspecified atom stereocenters. The summed E-state index contributed by atoms with van der Waals surface area (Å²) in [7, 11) is -2.06. The molecular weight excluding hydrogens is 296 g/mol. The first-order valence-electron chi connectivity index (χ1n) is 6.83. The molecule has 0 radical (unpaired) electrons. The second-order valence-electron chi connectivity index (χ2n) is 4.42. The average Bonchev–Trinajstić information content (AvgIpc) is 2.82. The quantitative estimate of drug-likeness (QED) is 0.486. The number of H-pyrrole nitrogens is 1. The highest BCUT2D eigenvalue weighted by Crippen LogP contribution is 2.15. The van der Waals surface area contributed by atoms with E-state index in [2.05, 4.69) is 20.2 Å². The van der Waals surface area contributed by atoms with E-state index in [9.17, 15) is 8.42 Å². The maximum Gasteiger partial charge on any atom is 0.260 e. The van der Waals surface area contributed by atoms with Gasteiger partial charge in [-0.25, -0.2) is 13.1 Å². The van der Waals surface area contributed by atoms with Crippen molar-refractivity contribution in [3.63, 3.8) is 0 Å². The number of nitrogens with zero attached hydrogens (tertiary/aromatic N) is 1. The number of aromatic amines is 1. The molecule has 0 aliphatic carbocycles. The summed E-state index contributed by atoms with van der Waals surface area (Å²) in [6.45, 7) is 6.37. The summed E-state index contributed by atoms with van der Waals surface area (Å²) in [5.74, 6) is 0. The van der Waals surface area contributed by atoms with Gasteiger partial charge in [0, 0.05) is 31.5 Å². The van der Waals surface area contributed by atoms with E-state index in [1.807, 2.05) is 6.92 Å². The van der Waals surface area contributed by atoms with Crippen LogP contribution in [0.4, 0.5) is 0 Å². The van der Waals surface area contributed by atoms with Crippen molar-refractivity contribution in [1.82, 2.24) is 20.2 Å². The van der Waals surface area contributed by atoms with Crippen LogP contribution in [0.25, 0.3) is 0 Å². The smallest absolute Gasteiger partial charge is 0.260 e. The van der Waals surface area contributed by atoms with Crippen LogP contribution in [0.1, 0.15) is 18.2 Å². The van der Waals surface area contributed by atoms with Crippen molar-refractivity contribution in [3.05, 3.63) is 11.3 Å². The van der Waals surface area contributed by atoms with Crippen LogP contribution in [0.3, 0.4) is 0 Å². The zero-order chi connectivity index (χ0) is 15.7. The maximum atomic E-state index is 12.2. The minimum Gasteiger partial charge on any atom is -0.382 e. The van der Waals surface area contributed by atoms with E-state index in [1.54, 1.807) is 14.0 Å². The average molecular weight is 320 g/mol. The van der Waals surface area contributed by atoms with Crippen molar-refractivity contribution in [2.45, 2.75) is 25.4 Å². The number of methoxy groups -OCH3 is 1. The second kappa shape index (κ2) is 9.11. The fourth-order valence-electron chi connectivity index (χ4n) is 1.67. The minimum atomic E-state index is -3.64. The Kier molecular flexibility index (Phi) is 7.83. The van der Waals surface area contributed by atoms with Crippen LogP contribution in [0.5, 0.6) is 0 Å². The van der Waals surface area contributed by atoms with Gasteiger partial charge in [0.15, 0.2) is 5.03 Å². The van der Waals surface area contributed by atoms with Crippen LogP contribution in [0.15, 0.2) is 5.03 Å². The van der Waals surface area contributed by atoms with Crippen LogP contribution >= 0.6 is 0 Å². The lowest BCUT2D eigenvalue weighted by Gasteiger charge is -2.08. The van der Waals surface area contributed by atoms with Crippen LogP contribution < -0.4 is 10.0 Å². The first kappa shape index (κ1) is 18.1. The summed E-state index contributed by atoms with van der Waals surface area (Å²) in [6.07, 6.45) is 0. The first-order valence-corrected chi connectivity index (χ1v) is 8.32. The molecule has 0 atom stereocenters. The van der Waals surface area contributed by atoms with Crippen molar-refractivity contribution >= 4 is 10.0 Å². The Hall–Kier alpha value is -1.00. The fourth-order valence-corrected chi connectivity index (χ4v) is 2.88. The fraction of sp³-hybridized carbons (Fsp3) is 0.750. The third-order valence-corrected chi connectivity index (χ3v) is 4.24. The van der Waals surface area contributed by atoms with Gasteiger partial charge in [-0.1, -0.05) is 6.92 Å². The number of hydrogen-bond donors (Lipinski definition) is 3. The molecule has 0 aliphatic heterocycles. The Balaban J connectivity index is 2.57. The summed E-state index contributed by atoms with van der Waals surface area (Å²) in [4.78, 5) is 0. The molecule has 1 aromatic heterocycles. The lowest BCUT2D eigenvalue weighted by Crippen LogP contribution is -2.29. The molecular formula is C12H24N4O4S. The molecule has 1 rings (SSSR count). The van der Waals surface area contributed by atoms with E-state index in [4.69, 9.17) is 9.47 Å². The molecule has 0 spiro atoms. The van der Waals surface area contributed by atoms with Gasteiger partial charge in [0.25, 0.3) is 10.0 Å². The number of nitrogens with one attached hydrogen (secondary N) is 3. The van der Waals surface area contributed by atoms with Gasteiger partial charge in [-0.05, 0) is 13.5 Å². The Morgan fingerprint density at radius 3 is 2.71 bits per heavy atom. The Morgan fingerprint density at radius 1 is 1.29 bits per heavy atom. The number of rotatable bonds is 11. The molecule has 9 heteroatoms. The van der Waals surface area contributed by atoms with Gasteiger partial charge in [0.05, 0.1) is 19.8 Å². The van der Waals surface area contributed by atoms with Gasteiger partial charge in [-0.2, -0.15) is 5.10 Å². The molecule has 0 bridgehead atoms. The zero-order valence-corrected chi connectivity index (χ0v) is 13.5. The molecule has 1 heterocycles. The molecule has 0 aliphatic rings. The standard InChI is InChI=1S/C12H24N4O4S/c1-4-13-9-11-10(2)15-16-12(11)21(17,18)14-5-6-20-8-7-19-3/h13-14H,4-9H2,1-3H3,(H,15,16). The molecule has 21 heavy (non-hydrogen) atoms. The lowest BCUT2D eigenvalue weighted by molar-refractivity contribution is 0.0736. The zero-order valence-electron chi connectivity index (χ0n) is 12.7. The molecule has 0 aromatic carbocycles. The van der Waals surface area contributed by atoms with E-state index in [1.165, 1.54) is 0 Å². The van der Waals surface area contributed by atoms with Crippen molar-refractivity contribution in [1.29, 1.82) is 0 Å². The highest BCUT2D eigenvalue weighted by molar-refractivity contribution is 7.89. The molecule has 0 saturated carbocycles. The van der Waals surface area contributed by atoms with Crippen LogP contribution in [0, 0.1) is 6.92 Å². The summed E-state index contributed by atoms with van der Waals surface area (Å²) in [5, 5.41) is 9.75. The lowest BCUT2D eigenvalue weighted by atomic mass is 10.2. The normalized spacial score (nSPS) is 12.0. The van der Waals surface area contributed by atoms with E-state index in [0.717, 1.165) is 12.2 Å². The van der Waals surface area contributed by atoms with Crippen LogP contribution in [-0.2, 0) is 26.0 Å². The highest BCUT2D eigenvalue weighted by Gasteiger charge is 2.22. The van der Waals surface area contributed by atoms with Crippen LogP contribution in [-0.4, -0.2) is 58.6 Å². The largest absolute Gasteiger partial charge is 0.382 e. The van der Waals surface area contributed by atoms with E-state index in [-0.39, 0.29) is 18.2 Å². The molecule has 8 nitrogen and oxygen atoms in total.